The number of carbonyl (C=O) groups excluding carboxylic acids is 2. The van der Waals surface area contributed by atoms with Gasteiger partial charge in [0.15, 0.2) is 5.75 Å². The molecular weight excluding hydrogens is 588 g/mol. The number of hydrazone groups is 1. The van der Waals surface area contributed by atoms with Gasteiger partial charge in [-0.1, -0.05) is 76.6 Å². The van der Waals surface area contributed by atoms with Gasteiger partial charge in [-0.2, -0.15) is 5.10 Å². The molecule has 0 saturated heterocycles. The summed E-state index contributed by atoms with van der Waals surface area (Å²) in [6.07, 6.45) is 3.54. The molecule has 1 N–H and O–H groups in total. The number of halogens is 2. The van der Waals surface area contributed by atoms with Gasteiger partial charge in [0.25, 0.3) is 0 Å². The second kappa shape index (κ2) is 10.2. The van der Waals surface area contributed by atoms with Crippen LogP contribution in [0.4, 0.5) is 0 Å². The lowest BCUT2D eigenvalue weighted by Crippen LogP contribution is -2.25. The predicted octanol–water partition coefficient (Wildman–Crippen LogP) is 6.48. The van der Waals surface area contributed by atoms with Gasteiger partial charge in [-0.05, 0) is 57.7 Å². The van der Waals surface area contributed by atoms with E-state index in [2.05, 4.69) is 66.7 Å². The highest BCUT2D eigenvalue weighted by atomic mass is 79.9. The number of nitrogens with one attached hydrogen (secondary N) is 1. The summed E-state index contributed by atoms with van der Waals surface area (Å²) in [7, 11) is 0. The summed E-state index contributed by atoms with van der Waals surface area (Å²) in [6.45, 7) is 0. The fourth-order valence-corrected chi connectivity index (χ4v) is 5.76. The molecule has 0 radical (unpaired) electrons. The summed E-state index contributed by atoms with van der Waals surface area (Å²) in [5.74, 6) is -0.748. The Morgan fingerprint density at radius 3 is 2.25 bits per heavy atom. The van der Waals surface area contributed by atoms with Crippen molar-refractivity contribution >= 4 is 50.0 Å². The molecule has 5 rings (SSSR count). The number of carbonyl (C=O) groups is 2. The molecule has 0 unspecified atom stereocenters. The van der Waals surface area contributed by atoms with Crippen LogP contribution in [0.5, 0.6) is 5.75 Å². The zero-order chi connectivity index (χ0) is 25.1. The first-order valence-corrected chi connectivity index (χ1v) is 12.8. The lowest BCUT2D eigenvalue weighted by molar-refractivity contribution is -0.122. The van der Waals surface area contributed by atoms with Crippen molar-refractivity contribution in [3.8, 4) is 5.75 Å². The van der Waals surface area contributed by atoms with E-state index in [0.717, 1.165) is 15.6 Å². The van der Waals surface area contributed by atoms with Gasteiger partial charge in [-0.25, -0.2) is 10.2 Å². The number of rotatable bonds is 7. The van der Waals surface area contributed by atoms with E-state index in [1.54, 1.807) is 18.2 Å². The first-order valence-electron chi connectivity index (χ1n) is 11.2. The van der Waals surface area contributed by atoms with E-state index in [9.17, 15) is 9.59 Å². The zero-order valence-electron chi connectivity index (χ0n) is 18.9. The number of nitrogens with zero attached hydrogens (tertiary/aromatic N) is 1. The number of amides is 1. The van der Waals surface area contributed by atoms with Gasteiger partial charge in [-0.3, -0.25) is 4.79 Å². The van der Waals surface area contributed by atoms with Crippen LogP contribution in [0.2, 0.25) is 0 Å². The monoisotopic (exact) mass is 606 g/mol. The normalized spacial score (nSPS) is 16.0. The Bertz CT molecular complexity index is 1380. The van der Waals surface area contributed by atoms with Gasteiger partial charge >= 0.3 is 5.97 Å². The van der Waals surface area contributed by atoms with E-state index >= 15 is 0 Å². The molecule has 6 nitrogen and oxygen atoms in total. The molecule has 1 atom stereocenters. The minimum Gasteiger partial charge on any atom is -0.457 e. The van der Waals surface area contributed by atoms with Gasteiger partial charge in [-0.15, -0.1) is 0 Å². The first kappa shape index (κ1) is 24.2. The fourth-order valence-electron chi connectivity index (χ4n) is 4.42. The van der Waals surface area contributed by atoms with E-state index in [-0.39, 0.29) is 28.7 Å². The second-order valence-electron chi connectivity index (χ2n) is 8.37. The second-order valence-corrected chi connectivity index (χ2v) is 10.1. The number of ether oxygens (including phenoxy) is 1. The van der Waals surface area contributed by atoms with E-state index in [4.69, 9.17) is 9.15 Å². The molecule has 1 heterocycles. The van der Waals surface area contributed by atoms with E-state index < -0.39 is 5.97 Å². The summed E-state index contributed by atoms with van der Waals surface area (Å²) in [5, 5.41) is 4.19. The zero-order valence-corrected chi connectivity index (χ0v) is 22.0. The minimum absolute atomic E-state index is 0.0768. The maximum absolute atomic E-state index is 13.2. The molecule has 4 aromatic rings. The first-order chi connectivity index (χ1) is 17.5. The Hall–Kier alpha value is -3.49. The van der Waals surface area contributed by atoms with Crippen LogP contribution in [0, 0.1) is 5.92 Å². The van der Waals surface area contributed by atoms with Crippen LogP contribution in [0.15, 0.2) is 110 Å². The van der Waals surface area contributed by atoms with Crippen LogP contribution >= 0.6 is 31.9 Å². The largest absolute Gasteiger partial charge is 0.457 e. The molecule has 3 aromatic carbocycles. The maximum atomic E-state index is 13.2. The maximum Gasteiger partial charge on any atom is 0.379 e. The Kier molecular flexibility index (Phi) is 6.89. The molecule has 1 aromatic heterocycles. The highest BCUT2D eigenvalue weighted by Crippen LogP contribution is 2.58. The number of hydrogen-bond acceptors (Lipinski definition) is 5. The molecular formula is C28H20Br2N2O4. The Balaban J connectivity index is 1.35. The molecule has 180 valence electrons. The van der Waals surface area contributed by atoms with Crippen molar-refractivity contribution in [3.05, 3.63) is 123 Å². The van der Waals surface area contributed by atoms with Crippen molar-refractivity contribution in [2.24, 2.45) is 11.0 Å². The number of furan rings is 1. The molecule has 1 aliphatic rings. The molecule has 0 spiro atoms. The fraction of sp³-hybridized carbons (Fsp3) is 0.107. The van der Waals surface area contributed by atoms with Crippen molar-refractivity contribution < 1.29 is 18.7 Å². The van der Waals surface area contributed by atoms with Crippen LogP contribution in [0.25, 0.3) is 0 Å². The van der Waals surface area contributed by atoms with Gasteiger partial charge in [0.05, 0.1) is 22.9 Å². The standard InChI is InChI=1S/C28H20Br2N2O4/c29-21-14-18(25(23(30)15-21)36-27(34)24-12-7-13-35-24)17-31-32-26(33)22-16-28(22,19-8-3-1-4-9-19)20-10-5-2-6-11-20/h1-15,17,22H,16H2,(H,32,33)/b31-17-/t22-/m1/s1. The van der Waals surface area contributed by atoms with Gasteiger partial charge in [0, 0.05) is 15.5 Å². The third-order valence-corrected chi connectivity index (χ3v) is 7.23. The molecule has 1 saturated carbocycles. The Morgan fingerprint density at radius 2 is 1.64 bits per heavy atom. The summed E-state index contributed by atoms with van der Waals surface area (Å²) >= 11 is 6.86. The van der Waals surface area contributed by atoms with Crippen LogP contribution in [-0.4, -0.2) is 18.1 Å². The molecule has 0 bridgehead atoms. The molecule has 1 aliphatic carbocycles. The van der Waals surface area contributed by atoms with Gasteiger partial charge in [0.2, 0.25) is 11.7 Å². The minimum atomic E-state index is -0.643. The van der Waals surface area contributed by atoms with Crippen molar-refractivity contribution in [1.29, 1.82) is 0 Å². The van der Waals surface area contributed by atoms with Crippen LogP contribution in [-0.2, 0) is 10.2 Å². The SMILES string of the molecule is O=C(Oc1c(Br)cc(Br)cc1/C=N\NC(=O)[C@H]1CC1(c1ccccc1)c1ccccc1)c1ccco1. The molecule has 0 aliphatic heterocycles. The number of benzene rings is 3. The summed E-state index contributed by atoms with van der Waals surface area (Å²) in [5.41, 5.74) is 4.98. The predicted molar refractivity (Wildman–Crippen MR) is 143 cm³/mol. The third-order valence-electron chi connectivity index (χ3n) is 6.19. The van der Waals surface area contributed by atoms with Crippen molar-refractivity contribution in [3.63, 3.8) is 0 Å². The highest BCUT2D eigenvalue weighted by molar-refractivity contribution is 9.11. The van der Waals surface area contributed by atoms with Crippen molar-refractivity contribution in [2.45, 2.75) is 11.8 Å². The molecule has 36 heavy (non-hydrogen) atoms. The number of esters is 1. The van der Waals surface area contributed by atoms with Crippen LogP contribution in [0.3, 0.4) is 0 Å². The molecule has 1 amide bonds. The van der Waals surface area contributed by atoms with E-state index in [1.807, 2.05) is 36.4 Å². The van der Waals surface area contributed by atoms with E-state index in [1.165, 1.54) is 18.5 Å². The van der Waals surface area contributed by atoms with Crippen molar-refractivity contribution in [1.82, 2.24) is 5.43 Å². The Labute approximate surface area is 224 Å². The Morgan fingerprint density at radius 1 is 0.972 bits per heavy atom. The number of hydrogen-bond donors (Lipinski definition) is 1. The average Bonchev–Trinajstić information content (AvgIpc) is 3.42. The smallest absolute Gasteiger partial charge is 0.379 e. The van der Waals surface area contributed by atoms with Crippen molar-refractivity contribution in [2.75, 3.05) is 0 Å². The third kappa shape index (κ3) is 4.79. The summed E-state index contributed by atoms with van der Waals surface area (Å²) in [6, 6.07) is 26.7. The highest BCUT2D eigenvalue weighted by Gasteiger charge is 2.60. The molecule has 8 heteroatoms. The quantitative estimate of drug-likeness (QED) is 0.113. The summed E-state index contributed by atoms with van der Waals surface area (Å²) < 4.78 is 11.9. The topological polar surface area (TPSA) is 80.9 Å². The van der Waals surface area contributed by atoms with Gasteiger partial charge in [0.1, 0.15) is 0 Å². The molecule has 1 fully saturated rings. The lowest BCUT2D eigenvalue weighted by Gasteiger charge is -2.18. The van der Waals surface area contributed by atoms with Gasteiger partial charge < -0.3 is 9.15 Å². The van der Waals surface area contributed by atoms with Crippen LogP contribution in [0.1, 0.15) is 33.7 Å². The van der Waals surface area contributed by atoms with Crippen LogP contribution < -0.4 is 10.2 Å². The average molecular weight is 608 g/mol. The summed E-state index contributed by atoms with van der Waals surface area (Å²) in [4.78, 5) is 25.6. The lowest BCUT2D eigenvalue weighted by atomic mass is 9.85. The van der Waals surface area contributed by atoms with E-state index in [0.29, 0.717) is 16.5 Å².